The number of rotatable bonds is 4. The predicted octanol–water partition coefficient (Wildman–Crippen LogP) is 3.40. The third kappa shape index (κ3) is 3.70. The van der Waals surface area contributed by atoms with Gasteiger partial charge in [0.15, 0.2) is 0 Å². The van der Waals surface area contributed by atoms with E-state index in [0.717, 1.165) is 10.6 Å². The molecular formula is C13H13Cl2N3OS. The number of halogens is 2. The number of thiazole rings is 1. The van der Waals surface area contributed by atoms with E-state index in [2.05, 4.69) is 10.3 Å². The van der Waals surface area contributed by atoms with Crippen molar-refractivity contribution in [2.24, 2.45) is 5.73 Å². The van der Waals surface area contributed by atoms with E-state index in [1.807, 2.05) is 6.92 Å². The zero-order chi connectivity index (χ0) is 14.7. The van der Waals surface area contributed by atoms with Gasteiger partial charge >= 0.3 is 0 Å². The average Bonchev–Trinajstić information content (AvgIpc) is 2.87. The molecule has 0 spiro atoms. The van der Waals surface area contributed by atoms with Crippen molar-refractivity contribution in [3.63, 3.8) is 0 Å². The number of carbonyl (C=O) groups is 1. The van der Waals surface area contributed by atoms with Gasteiger partial charge in [0.1, 0.15) is 10.7 Å². The highest BCUT2D eigenvalue weighted by molar-refractivity contribution is 7.09. The van der Waals surface area contributed by atoms with Crippen LogP contribution < -0.4 is 11.1 Å². The fourth-order valence-corrected chi connectivity index (χ4v) is 2.77. The van der Waals surface area contributed by atoms with Crippen LogP contribution >= 0.6 is 34.5 Å². The third-order valence-corrected chi connectivity index (χ3v) is 4.23. The van der Waals surface area contributed by atoms with E-state index in [4.69, 9.17) is 28.9 Å². The summed E-state index contributed by atoms with van der Waals surface area (Å²) in [5, 5.41) is 6.27. The highest BCUT2D eigenvalue weighted by atomic mass is 35.5. The maximum absolute atomic E-state index is 12.0. The smallest absolute Gasteiger partial charge is 0.271 e. The zero-order valence-corrected chi connectivity index (χ0v) is 13.0. The van der Waals surface area contributed by atoms with Crippen molar-refractivity contribution in [1.29, 1.82) is 0 Å². The predicted molar refractivity (Wildman–Crippen MR) is 82.3 cm³/mol. The molecule has 106 valence electrons. The lowest BCUT2D eigenvalue weighted by Gasteiger charge is -2.06. The topological polar surface area (TPSA) is 68.0 Å². The summed E-state index contributed by atoms with van der Waals surface area (Å²) in [7, 11) is 0. The van der Waals surface area contributed by atoms with Crippen LogP contribution in [0.4, 0.5) is 0 Å². The van der Waals surface area contributed by atoms with Gasteiger partial charge in [-0.25, -0.2) is 4.98 Å². The van der Waals surface area contributed by atoms with E-state index in [1.54, 1.807) is 23.6 Å². The Balaban J connectivity index is 2.01. The van der Waals surface area contributed by atoms with E-state index in [9.17, 15) is 4.79 Å². The van der Waals surface area contributed by atoms with Crippen LogP contribution in [-0.4, -0.2) is 10.9 Å². The second kappa shape index (κ2) is 6.54. The Hall–Kier alpha value is -1.14. The number of benzene rings is 1. The minimum atomic E-state index is -0.251. The number of aromatic nitrogens is 1. The molecular weight excluding hydrogens is 317 g/mol. The van der Waals surface area contributed by atoms with Gasteiger partial charge in [-0.3, -0.25) is 4.79 Å². The Morgan fingerprint density at radius 2 is 2.25 bits per heavy atom. The number of nitrogens with two attached hydrogens (primary N) is 1. The second-order valence-corrected chi connectivity index (χ2v) is 6.01. The van der Waals surface area contributed by atoms with Crippen LogP contribution in [0.2, 0.25) is 10.0 Å². The molecule has 1 unspecified atom stereocenters. The lowest BCUT2D eigenvalue weighted by molar-refractivity contribution is 0.0946. The molecule has 0 aliphatic carbocycles. The minimum Gasteiger partial charge on any atom is -0.347 e. The Bertz CT molecular complexity index is 628. The molecule has 0 bridgehead atoms. The van der Waals surface area contributed by atoms with Gasteiger partial charge in [0.2, 0.25) is 0 Å². The van der Waals surface area contributed by atoms with Gasteiger partial charge in [-0.2, -0.15) is 0 Å². The summed E-state index contributed by atoms with van der Waals surface area (Å²) in [6.45, 7) is 2.15. The number of hydrogen-bond donors (Lipinski definition) is 2. The number of nitrogens with zero attached hydrogens (tertiary/aromatic N) is 1. The summed E-state index contributed by atoms with van der Waals surface area (Å²) in [6.07, 6.45) is 0. The standard InChI is InChI=1S/C13H13Cl2N3OS/c1-7(16)13-18-11(6-20-13)12(19)17-5-8-2-3-9(14)4-10(8)15/h2-4,6-7H,5,16H2,1H3,(H,17,19). The number of hydrogen-bond acceptors (Lipinski definition) is 4. The third-order valence-electron chi connectivity index (χ3n) is 2.60. The lowest BCUT2D eigenvalue weighted by Crippen LogP contribution is -2.23. The summed E-state index contributed by atoms with van der Waals surface area (Å²) in [5.41, 5.74) is 6.88. The summed E-state index contributed by atoms with van der Waals surface area (Å²) >= 11 is 13.2. The molecule has 20 heavy (non-hydrogen) atoms. The molecule has 1 aromatic carbocycles. The van der Waals surface area contributed by atoms with Crippen LogP contribution in [0.15, 0.2) is 23.6 Å². The SMILES string of the molecule is CC(N)c1nc(C(=O)NCc2ccc(Cl)cc2Cl)cs1. The van der Waals surface area contributed by atoms with Crippen molar-refractivity contribution in [2.75, 3.05) is 0 Å². The van der Waals surface area contributed by atoms with Crippen molar-refractivity contribution >= 4 is 40.4 Å². The van der Waals surface area contributed by atoms with E-state index in [1.165, 1.54) is 11.3 Å². The maximum Gasteiger partial charge on any atom is 0.271 e. The molecule has 7 heteroatoms. The van der Waals surface area contributed by atoms with Gasteiger partial charge in [-0.15, -0.1) is 11.3 Å². The first-order chi connectivity index (χ1) is 9.47. The molecule has 1 heterocycles. The molecule has 0 aliphatic rings. The van der Waals surface area contributed by atoms with Gasteiger partial charge in [-0.05, 0) is 24.6 Å². The quantitative estimate of drug-likeness (QED) is 0.903. The monoisotopic (exact) mass is 329 g/mol. The van der Waals surface area contributed by atoms with Crippen LogP contribution in [0.25, 0.3) is 0 Å². The van der Waals surface area contributed by atoms with Gasteiger partial charge in [0, 0.05) is 22.0 Å². The summed E-state index contributed by atoms with van der Waals surface area (Å²) < 4.78 is 0. The van der Waals surface area contributed by atoms with Gasteiger partial charge < -0.3 is 11.1 Å². The van der Waals surface area contributed by atoms with Crippen molar-refractivity contribution in [2.45, 2.75) is 19.5 Å². The summed E-state index contributed by atoms with van der Waals surface area (Å²) in [5.74, 6) is -0.251. The zero-order valence-electron chi connectivity index (χ0n) is 10.7. The fraction of sp³-hybridized carbons (Fsp3) is 0.231. The van der Waals surface area contributed by atoms with Crippen LogP contribution in [0.5, 0.6) is 0 Å². The van der Waals surface area contributed by atoms with Crippen molar-refractivity contribution in [3.05, 3.63) is 49.9 Å². The first kappa shape index (κ1) is 15.3. The van der Waals surface area contributed by atoms with Crippen molar-refractivity contribution in [1.82, 2.24) is 10.3 Å². The Morgan fingerprint density at radius 3 is 2.85 bits per heavy atom. The molecule has 1 atom stereocenters. The highest BCUT2D eigenvalue weighted by Crippen LogP contribution is 2.21. The van der Waals surface area contributed by atoms with Crippen molar-refractivity contribution < 1.29 is 4.79 Å². The molecule has 1 amide bonds. The minimum absolute atomic E-state index is 0.174. The Morgan fingerprint density at radius 1 is 1.50 bits per heavy atom. The van der Waals surface area contributed by atoms with Crippen LogP contribution in [0.1, 0.15) is 34.0 Å². The molecule has 1 aromatic heterocycles. The first-order valence-electron chi connectivity index (χ1n) is 5.90. The molecule has 0 radical (unpaired) electrons. The van der Waals surface area contributed by atoms with E-state index >= 15 is 0 Å². The van der Waals surface area contributed by atoms with E-state index < -0.39 is 0 Å². The van der Waals surface area contributed by atoms with Gasteiger partial charge in [0.05, 0.1) is 6.04 Å². The summed E-state index contributed by atoms with van der Waals surface area (Å²) in [4.78, 5) is 16.1. The summed E-state index contributed by atoms with van der Waals surface area (Å²) in [6, 6.07) is 4.97. The van der Waals surface area contributed by atoms with Crippen LogP contribution in [0.3, 0.4) is 0 Å². The van der Waals surface area contributed by atoms with E-state index in [-0.39, 0.29) is 11.9 Å². The van der Waals surface area contributed by atoms with Crippen molar-refractivity contribution in [3.8, 4) is 0 Å². The highest BCUT2D eigenvalue weighted by Gasteiger charge is 2.13. The largest absolute Gasteiger partial charge is 0.347 e. The number of nitrogens with one attached hydrogen (secondary N) is 1. The molecule has 0 aliphatic heterocycles. The molecule has 0 fully saturated rings. The molecule has 0 saturated carbocycles. The lowest BCUT2D eigenvalue weighted by atomic mass is 10.2. The van der Waals surface area contributed by atoms with Crippen LogP contribution in [-0.2, 0) is 6.54 Å². The molecule has 4 nitrogen and oxygen atoms in total. The Labute approximate surface area is 130 Å². The number of amides is 1. The van der Waals surface area contributed by atoms with Gasteiger partial charge in [0.25, 0.3) is 5.91 Å². The van der Waals surface area contributed by atoms with Gasteiger partial charge in [-0.1, -0.05) is 29.3 Å². The average molecular weight is 330 g/mol. The first-order valence-corrected chi connectivity index (χ1v) is 7.54. The normalized spacial score (nSPS) is 12.2. The maximum atomic E-state index is 12.0. The molecule has 2 rings (SSSR count). The fourth-order valence-electron chi connectivity index (χ4n) is 1.53. The molecule has 2 aromatic rings. The number of carbonyl (C=O) groups excluding carboxylic acids is 1. The van der Waals surface area contributed by atoms with Crippen LogP contribution in [0, 0.1) is 0 Å². The second-order valence-electron chi connectivity index (χ2n) is 4.28. The Kier molecular flexibility index (Phi) is 4.99. The molecule has 3 N–H and O–H groups in total. The molecule has 0 saturated heterocycles. The van der Waals surface area contributed by atoms with E-state index in [0.29, 0.717) is 22.3 Å².